The molecule has 0 radical (unpaired) electrons. The average molecular weight is 541 g/mol. The maximum Gasteiger partial charge on any atom is 0.0468 e. The molecule has 0 aromatic heterocycles. The predicted octanol–water partition coefficient (Wildman–Crippen LogP) is 11.5. The Bertz CT molecular complexity index is 1760. The SMILES string of the molecule is Cc1c2ccc(N(c3ccccc3)c3ccccc3)cc2c(C)c2ccc(N(c3ccccc3)c3ccccc3)cc12. The number of hydrogen-bond donors (Lipinski definition) is 0. The van der Waals surface area contributed by atoms with Crippen LogP contribution < -0.4 is 9.80 Å². The van der Waals surface area contributed by atoms with E-state index in [-0.39, 0.29) is 0 Å². The molecule has 7 aromatic carbocycles. The normalized spacial score (nSPS) is 11.1. The highest BCUT2D eigenvalue weighted by Crippen LogP contribution is 2.41. The predicted molar refractivity (Wildman–Crippen MR) is 180 cm³/mol. The fourth-order valence-corrected chi connectivity index (χ4v) is 6.11. The maximum absolute atomic E-state index is 2.35. The van der Waals surface area contributed by atoms with Gasteiger partial charge in [0.15, 0.2) is 0 Å². The third kappa shape index (κ3) is 4.57. The molecule has 0 unspecified atom stereocenters. The summed E-state index contributed by atoms with van der Waals surface area (Å²) in [4.78, 5) is 4.66. The molecular weight excluding hydrogens is 508 g/mol. The minimum Gasteiger partial charge on any atom is -0.310 e. The van der Waals surface area contributed by atoms with Crippen molar-refractivity contribution in [2.45, 2.75) is 13.8 Å². The minimum absolute atomic E-state index is 1.14. The lowest BCUT2D eigenvalue weighted by Crippen LogP contribution is -2.10. The van der Waals surface area contributed by atoms with Crippen LogP contribution in [-0.4, -0.2) is 0 Å². The van der Waals surface area contributed by atoms with E-state index in [9.17, 15) is 0 Å². The monoisotopic (exact) mass is 540 g/mol. The van der Waals surface area contributed by atoms with Gasteiger partial charge < -0.3 is 9.80 Å². The highest BCUT2D eigenvalue weighted by Gasteiger charge is 2.17. The number of benzene rings is 7. The van der Waals surface area contributed by atoms with E-state index in [0.717, 1.165) is 34.1 Å². The molecule has 202 valence electrons. The van der Waals surface area contributed by atoms with Gasteiger partial charge in [0, 0.05) is 34.1 Å². The van der Waals surface area contributed by atoms with Crippen LogP contribution in [0.25, 0.3) is 21.5 Å². The molecule has 0 fully saturated rings. The van der Waals surface area contributed by atoms with Gasteiger partial charge >= 0.3 is 0 Å². The van der Waals surface area contributed by atoms with Crippen LogP contribution in [0.1, 0.15) is 11.1 Å². The van der Waals surface area contributed by atoms with Crippen molar-refractivity contribution in [3.8, 4) is 0 Å². The fraction of sp³-hybridized carbons (Fsp3) is 0.0500. The summed E-state index contributed by atoms with van der Waals surface area (Å²) in [5, 5.41) is 5.14. The van der Waals surface area contributed by atoms with Gasteiger partial charge in [0.25, 0.3) is 0 Å². The average Bonchev–Trinajstić information content (AvgIpc) is 3.06. The van der Waals surface area contributed by atoms with E-state index in [0.29, 0.717) is 0 Å². The van der Waals surface area contributed by atoms with Gasteiger partial charge in [-0.15, -0.1) is 0 Å². The molecule has 0 aliphatic heterocycles. The molecule has 0 heterocycles. The summed E-state index contributed by atoms with van der Waals surface area (Å²) < 4.78 is 0. The topological polar surface area (TPSA) is 6.48 Å². The van der Waals surface area contributed by atoms with Gasteiger partial charge in [0.2, 0.25) is 0 Å². The van der Waals surface area contributed by atoms with Gasteiger partial charge in [-0.25, -0.2) is 0 Å². The number of para-hydroxylation sites is 4. The highest BCUT2D eigenvalue weighted by molar-refractivity contribution is 6.08. The second-order valence-electron chi connectivity index (χ2n) is 10.7. The summed E-state index contributed by atoms with van der Waals surface area (Å²) in [5.74, 6) is 0. The van der Waals surface area contributed by atoms with Gasteiger partial charge in [-0.1, -0.05) is 84.9 Å². The van der Waals surface area contributed by atoms with Crippen LogP contribution >= 0.6 is 0 Å². The molecule has 0 spiro atoms. The number of aryl methyl sites for hydroxylation is 2. The number of nitrogens with zero attached hydrogens (tertiary/aromatic N) is 2. The van der Waals surface area contributed by atoms with Gasteiger partial charge in [0.1, 0.15) is 0 Å². The Kier molecular flexibility index (Phi) is 6.65. The summed E-state index contributed by atoms with van der Waals surface area (Å²) in [5.41, 5.74) is 9.47. The van der Waals surface area contributed by atoms with Crippen LogP contribution in [0.5, 0.6) is 0 Å². The largest absolute Gasteiger partial charge is 0.310 e. The third-order valence-corrected chi connectivity index (χ3v) is 8.20. The van der Waals surface area contributed by atoms with Crippen LogP contribution in [0.3, 0.4) is 0 Å². The van der Waals surface area contributed by atoms with E-state index in [1.807, 2.05) is 0 Å². The Morgan fingerprint density at radius 1 is 0.286 bits per heavy atom. The van der Waals surface area contributed by atoms with Crippen LogP contribution in [0, 0.1) is 13.8 Å². The second kappa shape index (κ2) is 10.9. The van der Waals surface area contributed by atoms with Crippen molar-refractivity contribution >= 4 is 55.7 Å². The first kappa shape index (κ1) is 25.6. The van der Waals surface area contributed by atoms with Crippen molar-refractivity contribution in [3.63, 3.8) is 0 Å². The second-order valence-corrected chi connectivity index (χ2v) is 10.7. The zero-order valence-corrected chi connectivity index (χ0v) is 23.9. The van der Waals surface area contributed by atoms with E-state index in [2.05, 4.69) is 181 Å². The number of fused-ring (bicyclic) bond motifs is 2. The van der Waals surface area contributed by atoms with Crippen LogP contribution in [0.4, 0.5) is 34.1 Å². The Hall–Kier alpha value is -5.34. The van der Waals surface area contributed by atoms with Gasteiger partial charge in [0.05, 0.1) is 0 Å². The molecule has 0 atom stereocenters. The molecule has 7 aromatic rings. The van der Waals surface area contributed by atoms with Crippen LogP contribution in [0.15, 0.2) is 158 Å². The molecule has 0 aliphatic carbocycles. The summed E-state index contributed by atoms with van der Waals surface area (Å²) >= 11 is 0. The van der Waals surface area contributed by atoms with E-state index in [4.69, 9.17) is 0 Å². The van der Waals surface area contributed by atoms with E-state index in [1.54, 1.807) is 0 Å². The zero-order chi connectivity index (χ0) is 28.5. The highest BCUT2D eigenvalue weighted by atomic mass is 15.1. The molecule has 2 nitrogen and oxygen atoms in total. The third-order valence-electron chi connectivity index (χ3n) is 8.20. The van der Waals surface area contributed by atoms with Crippen molar-refractivity contribution in [2.75, 3.05) is 9.80 Å². The zero-order valence-electron chi connectivity index (χ0n) is 23.9. The van der Waals surface area contributed by atoms with Gasteiger partial charge in [-0.2, -0.15) is 0 Å². The Balaban J connectivity index is 1.40. The van der Waals surface area contributed by atoms with Crippen molar-refractivity contribution < 1.29 is 0 Å². The molecule has 0 amide bonds. The lowest BCUT2D eigenvalue weighted by molar-refractivity contribution is 1.28. The van der Waals surface area contributed by atoms with Crippen molar-refractivity contribution in [2.24, 2.45) is 0 Å². The quantitative estimate of drug-likeness (QED) is 0.194. The summed E-state index contributed by atoms with van der Waals surface area (Å²) in [6, 6.07) is 56.2. The van der Waals surface area contributed by atoms with Crippen LogP contribution in [-0.2, 0) is 0 Å². The fourth-order valence-electron chi connectivity index (χ4n) is 6.11. The molecule has 7 rings (SSSR count). The van der Waals surface area contributed by atoms with E-state index >= 15 is 0 Å². The summed E-state index contributed by atoms with van der Waals surface area (Å²) in [6.07, 6.45) is 0. The number of anilines is 6. The molecule has 0 N–H and O–H groups in total. The van der Waals surface area contributed by atoms with E-state index < -0.39 is 0 Å². The first-order valence-electron chi connectivity index (χ1n) is 14.5. The standard InChI is InChI=1S/C40H32N2/c1-29-37-25-23-36(42(33-19-11-5-12-20-33)34-21-13-6-14-22-34)28-40(37)30(2)38-26-24-35(27-39(29)38)41(31-15-7-3-8-16-31)32-17-9-4-10-18-32/h3-28H,1-2H3. The Morgan fingerprint density at radius 3 is 0.857 bits per heavy atom. The Labute approximate surface area is 247 Å². The molecule has 0 saturated heterocycles. The first-order chi connectivity index (χ1) is 20.7. The smallest absolute Gasteiger partial charge is 0.0468 e. The first-order valence-corrected chi connectivity index (χ1v) is 14.5. The number of rotatable bonds is 6. The van der Waals surface area contributed by atoms with E-state index in [1.165, 1.54) is 32.7 Å². The van der Waals surface area contributed by atoms with Crippen LogP contribution in [0.2, 0.25) is 0 Å². The summed E-state index contributed by atoms with van der Waals surface area (Å²) in [6.45, 7) is 4.52. The minimum atomic E-state index is 1.14. The van der Waals surface area contributed by atoms with Crippen molar-refractivity contribution in [1.29, 1.82) is 0 Å². The molecule has 0 bridgehead atoms. The lowest BCUT2D eigenvalue weighted by atomic mass is 9.92. The van der Waals surface area contributed by atoms with Gasteiger partial charge in [-0.3, -0.25) is 0 Å². The molecule has 42 heavy (non-hydrogen) atoms. The summed E-state index contributed by atoms with van der Waals surface area (Å²) in [7, 11) is 0. The van der Waals surface area contributed by atoms with Crippen molar-refractivity contribution in [1.82, 2.24) is 0 Å². The lowest BCUT2D eigenvalue weighted by Gasteiger charge is -2.27. The number of hydrogen-bond acceptors (Lipinski definition) is 2. The molecular formula is C40H32N2. The molecule has 2 heteroatoms. The Morgan fingerprint density at radius 2 is 0.571 bits per heavy atom. The molecule has 0 saturated carbocycles. The maximum atomic E-state index is 2.35. The van der Waals surface area contributed by atoms with Gasteiger partial charge in [-0.05, 0) is 119 Å². The van der Waals surface area contributed by atoms with Crippen molar-refractivity contribution in [3.05, 3.63) is 169 Å². The molecule has 0 aliphatic rings.